The topological polar surface area (TPSA) is 51.8 Å². The van der Waals surface area contributed by atoms with Crippen LogP contribution in [0, 0.1) is 0 Å². The molecule has 0 saturated heterocycles. The van der Waals surface area contributed by atoms with Crippen LogP contribution in [-0.2, 0) is 0 Å². The van der Waals surface area contributed by atoms with Gasteiger partial charge in [-0.2, -0.15) is 0 Å². The van der Waals surface area contributed by atoms with Gasteiger partial charge in [0.25, 0.3) is 0 Å². The molecule has 0 fully saturated rings. The Labute approximate surface area is 239 Å². The summed E-state index contributed by atoms with van der Waals surface area (Å²) in [6.45, 7) is 0. The Morgan fingerprint density at radius 1 is 0.641 bits per heavy atom. The van der Waals surface area contributed by atoms with Gasteiger partial charge >= 0.3 is 0 Å². The van der Waals surface area contributed by atoms with Crippen LogP contribution in [0.15, 0.2) is 113 Å². The van der Waals surface area contributed by atoms with Crippen molar-refractivity contribution in [3.05, 3.63) is 114 Å². The monoisotopic (exact) mass is 544 g/mol. The molecule has 8 aromatic rings. The molecule has 8 rings (SSSR count). The van der Waals surface area contributed by atoms with Gasteiger partial charge < -0.3 is 4.42 Å². The molecule has 0 radical (unpaired) electrons. The highest BCUT2D eigenvalue weighted by molar-refractivity contribution is 7.26. The number of thiophene rings is 1. The van der Waals surface area contributed by atoms with Crippen molar-refractivity contribution >= 4 is 65.0 Å². The second-order valence-electron chi connectivity index (χ2n) is 9.04. The first-order valence-corrected chi connectivity index (χ1v) is 13.3. The molecule has 5 aromatic carbocycles. The van der Waals surface area contributed by atoms with Crippen LogP contribution in [0.5, 0.6) is 0 Å². The van der Waals surface area contributed by atoms with Crippen LogP contribution < -0.4 is 0 Å². The third kappa shape index (κ3) is 3.70. The minimum Gasteiger partial charge on any atom is -0.456 e. The predicted molar refractivity (Wildman–Crippen MR) is 161 cm³/mol. The molecule has 3 heterocycles. The Kier molecular flexibility index (Phi) is 4.00. The van der Waals surface area contributed by atoms with Crippen molar-refractivity contribution in [2.45, 2.75) is 0 Å². The fraction of sp³-hybridized carbons (Fsp3) is 0. The molecule has 0 spiro atoms. The van der Waals surface area contributed by atoms with Crippen molar-refractivity contribution < 1.29 is 11.3 Å². The molecular weight excluding hydrogens is 522 g/mol. The molecular formula is C33H18ClN3OS. The van der Waals surface area contributed by atoms with E-state index < -0.39 is 18.1 Å². The zero-order chi connectivity index (χ0) is 30.3. The van der Waals surface area contributed by atoms with Crippen LogP contribution in [-0.4, -0.2) is 15.0 Å². The molecule has 0 aliphatic rings. The molecule has 0 N–H and O–H groups in total. The highest BCUT2D eigenvalue weighted by atomic mass is 35.5. The van der Waals surface area contributed by atoms with Gasteiger partial charge in [-0.15, -0.1) is 11.3 Å². The zero-order valence-electron chi connectivity index (χ0n) is 25.0. The average Bonchev–Trinajstić information content (AvgIpc) is 3.60. The van der Waals surface area contributed by atoms with E-state index in [1.807, 2.05) is 54.6 Å². The van der Waals surface area contributed by atoms with E-state index in [-0.39, 0.29) is 29.3 Å². The van der Waals surface area contributed by atoms with Crippen LogP contribution in [0.4, 0.5) is 0 Å². The van der Waals surface area contributed by atoms with Crippen molar-refractivity contribution in [3.8, 4) is 34.2 Å². The standard InChI is InChI=1S/C33H18ClN3OS/c34-21-14-16-27-26(18-21)22-15-13-20(17-28(22)38-27)32-35-31(19-7-2-1-3-8-19)36-33(37-32)25-11-6-10-24-23-9-4-5-12-29(23)39-30(24)25/h1-18H/i1D,2D,3D,7D,8D. The molecule has 0 amide bonds. The SMILES string of the molecule is [2H]c1c([2H])c([2H])c(-c2nc(-c3ccc4c(c3)oc3ccc(Cl)cc34)nc(-c3cccc4c3sc3ccccc34)n2)c([2H])c1[2H]. The Morgan fingerprint density at radius 2 is 1.44 bits per heavy atom. The minimum absolute atomic E-state index is 0.0170. The highest BCUT2D eigenvalue weighted by Gasteiger charge is 2.17. The Balaban J connectivity index is 1.41. The number of hydrogen-bond donors (Lipinski definition) is 0. The quantitative estimate of drug-likeness (QED) is 0.222. The van der Waals surface area contributed by atoms with Gasteiger partial charge in [-0.3, -0.25) is 0 Å². The van der Waals surface area contributed by atoms with E-state index in [0.717, 1.165) is 36.5 Å². The summed E-state index contributed by atoms with van der Waals surface area (Å²) in [6.07, 6.45) is 0. The van der Waals surface area contributed by atoms with Crippen LogP contribution >= 0.6 is 22.9 Å². The number of nitrogens with zero attached hydrogens (tertiary/aromatic N) is 3. The molecule has 6 heteroatoms. The van der Waals surface area contributed by atoms with Crippen molar-refractivity contribution in [2.75, 3.05) is 0 Å². The third-order valence-electron chi connectivity index (χ3n) is 6.70. The maximum absolute atomic E-state index is 8.62. The van der Waals surface area contributed by atoms with E-state index in [9.17, 15) is 0 Å². The van der Waals surface area contributed by atoms with Gasteiger partial charge in [-0.05, 0) is 42.5 Å². The summed E-state index contributed by atoms with van der Waals surface area (Å²) in [6, 6.07) is 22.9. The zero-order valence-corrected chi connectivity index (χ0v) is 21.6. The molecule has 39 heavy (non-hydrogen) atoms. The smallest absolute Gasteiger partial charge is 0.165 e. The summed E-state index contributed by atoms with van der Waals surface area (Å²) < 4.78 is 50.0. The maximum Gasteiger partial charge on any atom is 0.165 e. The van der Waals surface area contributed by atoms with Gasteiger partial charge in [0, 0.05) is 52.7 Å². The second kappa shape index (κ2) is 8.73. The average molecular weight is 545 g/mol. The lowest BCUT2D eigenvalue weighted by molar-refractivity contribution is 0.669. The van der Waals surface area contributed by atoms with E-state index in [0.29, 0.717) is 27.6 Å². The fourth-order valence-corrected chi connectivity index (χ4v) is 6.29. The third-order valence-corrected chi connectivity index (χ3v) is 8.15. The van der Waals surface area contributed by atoms with Crippen LogP contribution in [0.1, 0.15) is 6.85 Å². The van der Waals surface area contributed by atoms with Gasteiger partial charge in [0.2, 0.25) is 0 Å². The number of fused-ring (bicyclic) bond motifs is 6. The van der Waals surface area contributed by atoms with Gasteiger partial charge in [0.05, 0.1) is 6.85 Å². The minimum atomic E-state index is -0.483. The van der Waals surface area contributed by atoms with Crippen molar-refractivity contribution in [1.82, 2.24) is 15.0 Å². The predicted octanol–water partition coefficient (Wildman–Crippen LogP) is 9.79. The largest absolute Gasteiger partial charge is 0.456 e. The Morgan fingerprint density at radius 3 is 2.33 bits per heavy atom. The molecule has 0 atom stereocenters. The van der Waals surface area contributed by atoms with Crippen LogP contribution in [0.3, 0.4) is 0 Å². The Bertz CT molecular complexity index is 2460. The van der Waals surface area contributed by atoms with Crippen LogP contribution in [0.25, 0.3) is 76.3 Å². The molecule has 184 valence electrons. The molecule has 0 saturated carbocycles. The molecule has 0 aliphatic heterocycles. The number of benzene rings is 5. The van der Waals surface area contributed by atoms with E-state index in [4.69, 9.17) is 32.8 Å². The normalized spacial score (nSPS) is 13.5. The van der Waals surface area contributed by atoms with E-state index in [1.54, 1.807) is 17.4 Å². The van der Waals surface area contributed by atoms with Gasteiger partial charge in [-0.1, -0.05) is 78.2 Å². The lowest BCUT2D eigenvalue weighted by Gasteiger charge is -2.09. The second-order valence-corrected chi connectivity index (χ2v) is 10.5. The first-order valence-electron chi connectivity index (χ1n) is 14.6. The summed E-state index contributed by atoms with van der Waals surface area (Å²) in [7, 11) is 0. The van der Waals surface area contributed by atoms with E-state index in [1.165, 1.54) is 0 Å². The fourth-order valence-electron chi connectivity index (χ4n) is 4.91. The van der Waals surface area contributed by atoms with Crippen LogP contribution in [0.2, 0.25) is 5.02 Å². The van der Waals surface area contributed by atoms with Gasteiger partial charge in [0.15, 0.2) is 17.5 Å². The summed E-state index contributed by atoms with van der Waals surface area (Å²) >= 11 is 7.86. The molecule has 0 aliphatic carbocycles. The number of aromatic nitrogens is 3. The Hall–Kier alpha value is -4.58. The summed E-state index contributed by atoms with van der Waals surface area (Å²) in [5.41, 5.74) is 2.57. The number of hydrogen-bond acceptors (Lipinski definition) is 5. The maximum atomic E-state index is 8.62. The molecule has 0 bridgehead atoms. The van der Waals surface area contributed by atoms with Crippen molar-refractivity contribution in [2.24, 2.45) is 0 Å². The first-order chi connectivity index (χ1) is 21.3. The molecule has 0 unspecified atom stereocenters. The highest BCUT2D eigenvalue weighted by Crippen LogP contribution is 2.40. The van der Waals surface area contributed by atoms with E-state index >= 15 is 0 Å². The summed E-state index contributed by atoms with van der Waals surface area (Å²) in [5.74, 6) is 0.581. The number of furan rings is 1. The summed E-state index contributed by atoms with van der Waals surface area (Å²) in [4.78, 5) is 14.3. The lowest BCUT2D eigenvalue weighted by atomic mass is 10.1. The van der Waals surface area contributed by atoms with E-state index in [2.05, 4.69) is 23.2 Å². The van der Waals surface area contributed by atoms with Gasteiger partial charge in [0.1, 0.15) is 11.2 Å². The summed E-state index contributed by atoms with van der Waals surface area (Å²) in [5, 5.41) is 4.53. The van der Waals surface area contributed by atoms with Crippen molar-refractivity contribution in [1.29, 1.82) is 0 Å². The van der Waals surface area contributed by atoms with Gasteiger partial charge in [-0.25, -0.2) is 15.0 Å². The molecule has 4 nitrogen and oxygen atoms in total. The first kappa shape index (κ1) is 17.8. The van der Waals surface area contributed by atoms with Crippen molar-refractivity contribution in [3.63, 3.8) is 0 Å². The number of rotatable bonds is 3. The molecule has 3 aromatic heterocycles. The number of halogens is 1. The lowest BCUT2D eigenvalue weighted by Crippen LogP contribution is -2.00.